The van der Waals surface area contributed by atoms with Crippen LogP contribution in [-0.4, -0.2) is 62.6 Å². The van der Waals surface area contributed by atoms with Crippen LogP contribution in [0.1, 0.15) is 24.8 Å². The van der Waals surface area contributed by atoms with E-state index in [4.69, 9.17) is 9.84 Å². The molecule has 0 spiro atoms. The van der Waals surface area contributed by atoms with Crippen LogP contribution in [0, 0.1) is 5.41 Å². The van der Waals surface area contributed by atoms with E-state index in [1.807, 2.05) is 0 Å². The van der Waals surface area contributed by atoms with E-state index < -0.39 is 21.4 Å². The smallest absolute Gasteiger partial charge is 0.311 e. The average Bonchev–Trinajstić information content (AvgIpc) is 3.47. The van der Waals surface area contributed by atoms with Crippen molar-refractivity contribution in [1.82, 2.24) is 9.62 Å². The first-order valence-electron chi connectivity index (χ1n) is 9.00. The highest BCUT2D eigenvalue weighted by Gasteiger charge is 2.50. The topological polar surface area (TPSA) is 113 Å². The summed E-state index contributed by atoms with van der Waals surface area (Å²) in [6.07, 6.45) is 1.89. The number of ether oxygens (including phenoxy) is 1. The summed E-state index contributed by atoms with van der Waals surface area (Å²) in [5.41, 5.74) is 0.0796. The van der Waals surface area contributed by atoms with E-state index in [-0.39, 0.29) is 23.8 Å². The third-order valence-corrected chi connectivity index (χ3v) is 7.02. The Labute approximate surface area is 158 Å². The van der Waals surface area contributed by atoms with Crippen molar-refractivity contribution in [3.05, 3.63) is 29.8 Å². The lowest BCUT2D eigenvalue weighted by Gasteiger charge is -2.26. The Balaban J connectivity index is 1.50. The predicted octanol–water partition coefficient (Wildman–Crippen LogP) is 0.621. The van der Waals surface area contributed by atoms with Gasteiger partial charge in [0.05, 0.1) is 23.5 Å². The number of amides is 1. The van der Waals surface area contributed by atoms with Crippen molar-refractivity contribution in [2.24, 2.45) is 5.41 Å². The minimum absolute atomic E-state index is 0.165. The van der Waals surface area contributed by atoms with E-state index in [2.05, 4.69) is 5.32 Å². The van der Waals surface area contributed by atoms with Crippen LogP contribution in [0.4, 0.5) is 0 Å². The van der Waals surface area contributed by atoms with Gasteiger partial charge in [-0.25, -0.2) is 8.42 Å². The van der Waals surface area contributed by atoms with Crippen molar-refractivity contribution >= 4 is 21.9 Å². The maximum absolute atomic E-state index is 12.6. The van der Waals surface area contributed by atoms with Gasteiger partial charge in [-0.05, 0) is 37.0 Å². The lowest BCUT2D eigenvalue weighted by Crippen LogP contribution is -2.40. The molecule has 0 aromatic heterocycles. The molecule has 3 rings (SSSR count). The number of aliphatic carboxylic acids is 1. The fraction of sp³-hybridized carbons (Fsp3) is 0.556. The predicted molar refractivity (Wildman–Crippen MR) is 96.7 cm³/mol. The number of benzene rings is 1. The van der Waals surface area contributed by atoms with Crippen molar-refractivity contribution in [2.75, 3.05) is 32.8 Å². The van der Waals surface area contributed by atoms with E-state index in [1.54, 1.807) is 24.3 Å². The van der Waals surface area contributed by atoms with Gasteiger partial charge in [0, 0.05) is 26.1 Å². The molecule has 1 aromatic rings. The third-order valence-electron chi connectivity index (χ3n) is 5.10. The Morgan fingerprint density at radius 1 is 1.15 bits per heavy atom. The molecule has 0 radical (unpaired) electrons. The van der Waals surface area contributed by atoms with E-state index in [9.17, 15) is 18.0 Å². The molecule has 1 aliphatic carbocycles. The van der Waals surface area contributed by atoms with Gasteiger partial charge >= 0.3 is 5.97 Å². The number of sulfonamides is 1. The first-order chi connectivity index (χ1) is 12.8. The molecule has 1 aromatic carbocycles. The van der Waals surface area contributed by atoms with Crippen molar-refractivity contribution in [1.29, 1.82) is 0 Å². The Hall–Kier alpha value is -1.97. The Morgan fingerprint density at radius 2 is 1.78 bits per heavy atom. The minimum Gasteiger partial charge on any atom is -0.481 e. The van der Waals surface area contributed by atoms with Crippen LogP contribution < -0.4 is 5.32 Å². The summed E-state index contributed by atoms with van der Waals surface area (Å²) < 4.78 is 31.7. The monoisotopic (exact) mass is 396 g/mol. The van der Waals surface area contributed by atoms with E-state index in [0.717, 1.165) is 5.56 Å². The second kappa shape index (κ2) is 7.95. The van der Waals surface area contributed by atoms with Gasteiger partial charge in [-0.2, -0.15) is 4.31 Å². The minimum atomic E-state index is -3.52. The summed E-state index contributed by atoms with van der Waals surface area (Å²) in [6.45, 7) is 1.66. The zero-order valence-corrected chi connectivity index (χ0v) is 15.8. The molecule has 2 fully saturated rings. The van der Waals surface area contributed by atoms with Gasteiger partial charge in [0.25, 0.3) is 0 Å². The first kappa shape index (κ1) is 19.8. The third kappa shape index (κ3) is 4.66. The van der Waals surface area contributed by atoms with Crippen LogP contribution in [0.2, 0.25) is 0 Å². The van der Waals surface area contributed by atoms with Crippen molar-refractivity contribution in [3.8, 4) is 0 Å². The number of carbonyl (C=O) groups excluding carboxylic acids is 1. The van der Waals surface area contributed by atoms with Crippen LogP contribution in [0.3, 0.4) is 0 Å². The lowest BCUT2D eigenvalue weighted by atomic mass is 10.1. The molecular formula is C18H24N2O6S. The summed E-state index contributed by atoms with van der Waals surface area (Å²) >= 11 is 0. The summed E-state index contributed by atoms with van der Waals surface area (Å²) in [7, 11) is -3.52. The fourth-order valence-electron chi connectivity index (χ4n) is 3.00. The second-order valence-electron chi connectivity index (χ2n) is 7.02. The number of hydrogen-bond donors (Lipinski definition) is 2. The Kier molecular flexibility index (Phi) is 5.83. The number of rotatable bonds is 8. The summed E-state index contributed by atoms with van der Waals surface area (Å²) in [6, 6.07) is 6.53. The summed E-state index contributed by atoms with van der Waals surface area (Å²) in [4.78, 5) is 23.3. The van der Waals surface area contributed by atoms with Crippen LogP contribution in [0.5, 0.6) is 0 Å². The molecular weight excluding hydrogens is 372 g/mol. The first-order valence-corrected chi connectivity index (χ1v) is 10.4. The fourth-order valence-corrected chi connectivity index (χ4v) is 4.40. The summed E-state index contributed by atoms with van der Waals surface area (Å²) in [5, 5.41) is 11.8. The van der Waals surface area contributed by atoms with E-state index in [0.29, 0.717) is 45.6 Å². The molecule has 0 bridgehead atoms. The molecule has 1 saturated carbocycles. The Bertz CT molecular complexity index is 796. The number of carboxylic acids is 1. The molecule has 2 N–H and O–H groups in total. The van der Waals surface area contributed by atoms with Crippen LogP contribution in [-0.2, 0) is 30.8 Å². The molecule has 9 heteroatoms. The average molecular weight is 396 g/mol. The molecule has 0 unspecified atom stereocenters. The number of hydrogen-bond acceptors (Lipinski definition) is 5. The maximum Gasteiger partial charge on any atom is 0.311 e. The van der Waals surface area contributed by atoms with Gasteiger partial charge in [0.1, 0.15) is 0 Å². The van der Waals surface area contributed by atoms with Gasteiger partial charge in [-0.1, -0.05) is 12.1 Å². The zero-order chi connectivity index (χ0) is 19.5. The molecule has 0 atom stereocenters. The van der Waals surface area contributed by atoms with Crippen LogP contribution in [0.15, 0.2) is 29.2 Å². The Morgan fingerprint density at radius 3 is 2.33 bits per heavy atom. The number of aryl methyl sites for hydroxylation is 1. The highest BCUT2D eigenvalue weighted by atomic mass is 32.2. The number of nitrogens with one attached hydrogen (secondary N) is 1. The molecule has 1 amide bonds. The molecule has 8 nitrogen and oxygen atoms in total. The number of carbonyl (C=O) groups is 2. The normalized spacial score (nSPS) is 19.4. The zero-order valence-electron chi connectivity index (χ0n) is 15.0. The maximum atomic E-state index is 12.6. The highest BCUT2D eigenvalue weighted by Crippen LogP contribution is 2.45. The highest BCUT2D eigenvalue weighted by molar-refractivity contribution is 7.89. The van der Waals surface area contributed by atoms with Gasteiger partial charge in [-0.3, -0.25) is 9.59 Å². The molecule has 1 aliphatic heterocycles. The molecule has 2 aliphatic rings. The second-order valence-corrected chi connectivity index (χ2v) is 8.96. The van der Waals surface area contributed by atoms with E-state index >= 15 is 0 Å². The quantitative estimate of drug-likeness (QED) is 0.666. The SMILES string of the molecule is O=C(CCc1ccc(S(=O)(=O)N2CCOCC2)cc1)NCC1(C(=O)O)CC1. The van der Waals surface area contributed by atoms with Crippen LogP contribution in [0.25, 0.3) is 0 Å². The van der Waals surface area contributed by atoms with Crippen molar-refractivity contribution in [2.45, 2.75) is 30.6 Å². The molecule has 27 heavy (non-hydrogen) atoms. The molecule has 1 saturated heterocycles. The van der Waals surface area contributed by atoms with E-state index in [1.165, 1.54) is 4.31 Å². The van der Waals surface area contributed by atoms with Crippen molar-refractivity contribution in [3.63, 3.8) is 0 Å². The van der Waals surface area contributed by atoms with Crippen molar-refractivity contribution < 1.29 is 27.9 Å². The molecule has 1 heterocycles. The van der Waals surface area contributed by atoms with Gasteiger partial charge in [-0.15, -0.1) is 0 Å². The lowest BCUT2D eigenvalue weighted by molar-refractivity contribution is -0.143. The van der Waals surface area contributed by atoms with Crippen LogP contribution >= 0.6 is 0 Å². The van der Waals surface area contributed by atoms with Gasteiger partial charge < -0.3 is 15.2 Å². The standard InChI is InChI=1S/C18H24N2O6S/c21-16(19-13-18(7-8-18)17(22)23)6-3-14-1-4-15(5-2-14)27(24,25)20-9-11-26-12-10-20/h1-2,4-5H,3,6-13H2,(H,19,21)(H,22,23). The summed E-state index contributed by atoms with van der Waals surface area (Å²) in [5.74, 6) is -1.06. The number of morpholine rings is 1. The molecule has 148 valence electrons. The largest absolute Gasteiger partial charge is 0.481 e. The van der Waals surface area contributed by atoms with Gasteiger partial charge in [0.2, 0.25) is 15.9 Å². The number of carboxylic acid groups (broad SMARTS) is 1. The number of nitrogens with zero attached hydrogens (tertiary/aromatic N) is 1. The van der Waals surface area contributed by atoms with Gasteiger partial charge in [0.15, 0.2) is 0 Å².